The lowest BCUT2D eigenvalue weighted by atomic mass is 9.93. The second-order valence-corrected chi connectivity index (χ2v) is 9.02. The summed E-state index contributed by atoms with van der Waals surface area (Å²) in [4.78, 5) is 30.4. The van der Waals surface area contributed by atoms with Gasteiger partial charge in [0.05, 0.1) is 12.7 Å². The molecule has 0 atom stereocenters. The van der Waals surface area contributed by atoms with Crippen LogP contribution in [0.4, 0.5) is 4.79 Å². The number of rotatable bonds is 6. The number of amides is 1. The lowest BCUT2D eigenvalue weighted by Gasteiger charge is -2.33. The van der Waals surface area contributed by atoms with Crippen LogP contribution in [-0.4, -0.2) is 47.6 Å². The van der Waals surface area contributed by atoms with Crippen molar-refractivity contribution < 1.29 is 23.8 Å². The minimum Gasteiger partial charge on any atom is -0.496 e. The summed E-state index contributed by atoms with van der Waals surface area (Å²) in [7, 11) is 1.55. The van der Waals surface area contributed by atoms with E-state index in [1.54, 1.807) is 18.1 Å². The minimum absolute atomic E-state index is 0.0404. The predicted octanol–water partition coefficient (Wildman–Crippen LogP) is 4.99. The summed E-state index contributed by atoms with van der Waals surface area (Å²) in [5, 5.41) is 0. The van der Waals surface area contributed by atoms with Crippen molar-refractivity contribution >= 4 is 11.9 Å². The molecule has 1 aromatic heterocycles. The van der Waals surface area contributed by atoms with E-state index < -0.39 is 5.60 Å². The first-order valence-electron chi connectivity index (χ1n) is 10.9. The summed E-state index contributed by atoms with van der Waals surface area (Å²) in [5.41, 5.74) is 1.92. The molecule has 1 amide bonds. The number of ether oxygens (including phenoxy) is 3. The number of ketones is 1. The molecule has 0 unspecified atom stereocenters. The molecule has 1 aromatic carbocycles. The van der Waals surface area contributed by atoms with Crippen LogP contribution in [0.25, 0.3) is 0 Å². The van der Waals surface area contributed by atoms with E-state index in [0.29, 0.717) is 36.9 Å². The second kappa shape index (κ2) is 10.0. The number of carbonyl (C=O) groups excluding carboxylic acids is 2. The van der Waals surface area contributed by atoms with Crippen molar-refractivity contribution in [3.63, 3.8) is 0 Å². The molecule has 1 aliphatic rings. The summed E-state index contributed by atoms with van der Waals surface area (Å²) >= 11 is 0. The van der Waals surface area contributed by atoms with Gasteiger partial charge in [0.25, 0.3) is 0 Å². The Bertz CT molecular complexity index is 959. The van der Waals surface area contributed by atoms with Crippen molar-refractivity contribution in [2.24, 2.45) is 0 Å². The Balaban J connectivity index is 1.58. The fraction of sp³-hybridized carbons (Fsp3) is 0.480. The van der Waals surface area contributed by atoms with Crippen molar-refractivity contribution in [2.75, 3.05) is 20.2 Å². The van der Waals surface area contributed by atoms with Gasteiger partial charge in [0, 0.05) is 30.8 Å². The molecular weight excluding hydrogens is 408 g/mol. The summed E-state index contributed by atoms with van der Waals surface area (Å²) in [6, 6.07) is 11.2. The van der Waals surface area contributed by atoms with Crippen molar-refractivity contribution in [3.8, 4) is 11.6 Å². The summed E-state index contributed by atoms with van der Waals surface area (Å²) in [6.07, 6.45) is 1.41. The van der Waals surface area contributed by atoms with Gasteiger partial charge in [-0.3, -0.25) is 4.79 Å². The smallest absolute Gasteiger partial charge is 0.410 e. The molecule has 1 aliphatic heterocycles. The number of piperidine rings is 1. The van der Waals surface area contributed by atoms with Gasteiger partial charge in [0.15, 0.2) is 5.78 Å². The molecule has 0 radical (unpaired) electrons. The third-order valence-electron chi connectivity index (χ3n) is 5.34. The highest BCUT2D eigenvalue weighted by Crippen LogP contribution is 2.29. The lowest BCUT2D eigenvalue weighted by molar-refractivity contribution is 0.0203. The van der Waals surface area contributed by atoms with E-state index in [4.69, 9.17) is 14.2 Å². The van der Waals surface area contributed by atoms with Gasteiger partial charge in [-0.25, -0.2) is 9.78 Å². The SMILES string of the molecule is COc1cc(COc2cccc(C3CCN(C(=O)OC(C)(C)C)CC3)n2)ccc1C(C)=O. The van der Waals surface area contributed by atoms with E-state index in [2.05, 4.69) is 4.98 Å². The Hall–Kier alpha value is -3.09. The fourth-order valence-corrected chi connectivity index (χ4v) is 3.70. The van der Waals surface area contributed by atoms with Gasteiger partial charge in [-0.15, -0.1) is 0 Å². The molecular formula is C25H32N2O5. The minimum atomic E-state index is -0.489. The number of hydrogen-bond donors (Lipinski definition) is 0. The van der Waals surface area contributed by atoms with E-state index in [-0.39, 0.29) is 17.8 Å². The average Bonchev–Trinajstić information content (AvgIpc) is 2.76. The van der Waals surface area contributed by atoms with Gasteiger partial charge in [0.2, 0.25) is 5.88 Å². The van der Waals surface area contributed by atoms with Crippen molar-refractivity contribution in [2.45, 2.75) is 58.7 Å². The largest absolute Gasteiger partial charge is 0.496 e. The maximum absolute atomic E-state index is 12.3. The van der Waals surface area contributed by atoms with Crippen LogP contribution >= 0.6 is 0 Å². The van der Waals surface area contributed by atoms with Crippen molar-refractivity contribution in [1.82, 2.24) is 9.88 Å². The van der Waals surface area contributed by atoms with Gasteiger partial charge >= 0.3 is 6.09 Å². The van der Waals surface area contributed by atoms with Crippen LogP contribution < -0.4 is 9.47 Å². The quantitative estimate of drug-likeness (QED) is 0.589. The molecule has 1 fully saturated rings. The van der Waals surface area contributed by atoms with Gasteiger partial charge < -0.3 is 19.1 Å². The van der Waals surface area contributed by atoms with E-state index in [0.717, 1.165) is 24.1 Å². The van der Waals surface area contributed by atoms with Crippen LogP contribution in [0.3, 0.4) is 0 Å². The van der Waals surface area contributed by atoms with Crippen molar-refractivity contribution in [3.05, 3.63) is 53.2 Å². The summed E-state index contributed by atoms with van der Waals surface area (Å²) in [6.45, 7) is 8.76. The molecule has 0 spiro atoms. The molecule has 0 N–H and O–H groups in total. The number of carbonyl (C=O) groups is 2. The Labute approximate surface area is 189 Å². The molecule has 7 nitrogen and oxygen atoms in total. The molecule has 7 heteroatoms. The first-order valence-corrected chi connectivity index (χ1v) is 10.9. The Morgan fingerprint density at radius 3 is 2.47 bits per heavy atom. The molecule has 0 aliphatic carbocycles. The number of likely N-dealkylation sites (tertiary alicyclic amines) is 1. The van der Waals surface area contributed by atoms with E-state index in [1.807, 2.05) is 51.1 Å². The van der Waals surface area contributed by atoms with Gasteiger partial charge in [0.1, 0.15) is 18.0 Å². The van der Waals surface area contributed by atoms with Gasteiger partial charge in [-0.2, -0.15) is 0 Å². The average molecular weight is 441 g/mol. The zero-order valence-corrected chi connectivity index (χ0v) is 19.5. The molecule has 32 heavy (non-hydrogen) atoms. The highest BCUT2D eigenvalue weighted by molar-refractivity contribution is 5.96. The predicted molar refractivity (Wildman–Crippen MR) is 121 cm³/mol. The first kappa shape index (κ1) is 23.6. The fourth-order valence-electron chi connectivity index (χ4n) is 3.70. The molecule has 2 aromatic rings. The van der Waals surface area contributed by atoms with Crippen LogP contribution in [0.5, 0.6) is 11.6 Å². The molecule has 0 saturated carbocycles. The molecule has 0 bridgehead atoms. The Kier molecular flexibility index (Phi) is 7.38. The molecule has 3 rings (SSSR count). The number of aromatic nitrogens is 1. The highest BCUT2D eigenvalue weighted by atomic mass is 16.6. The van der Waals surface area contributed by atoms with Crippen LogP contribution in [0.2, 0.25) is 0 Å². The zero-order chi connectivity index (χ0) is 23.3. The zero-order valence-electron chi connectivity index (χ0n) is 19.5. The van der Waals surface area contributed by atoms with E-state index in [1.165, 1.54) is 6.92 Å². The summed E-state index contributed by atoms with van der Waals surface area (Å²) in [5.74, 6) is 1.32. The van der Waals surface area contributed by atoms with Crippen molar-refractivity contribution in [1.29, 1.82) is 0 Å². The number of hydrogen-bond acceptors (Lipinski definition) is 6. The Morgan fingerprint density at radius 1 is 1.12 bits per heavy atom. The molecule has 172 valence electrons. The highest BCUT2D eigenvalue weighted by Gasteiger charge is 2.28. The number of nitrogens with zero attached hydrogens (tertiary/aromatic N) is 2. The van der Waals surface area contributed by atoms with Gasteiger partial charge in [-0.05, 0) is 64.3 Å². The Morgan fingerprint density at radius 2 is 1.84 bits per heavy atom. The maximum atomic E-state index is 12.3. The second-order valence-electron chi connectivity index (χ2n) is 9.02. The first-order chi connectivity index (χ1) is 15.2. The van der Waals surface area contributed by atoms with Gasteiger partial charge in [-0.1, -0.05) is 12.1 Å². The maximum Gasteiger partial charge on any atom is 0.410 e. The molecule has 2 heterocycles. The van der Waals surface area contributed by atoms with Crippen LogP contribution in [-0.2, 0) is 11.3 Å². The molecule has 1 saturated heterocycles. The number of benzene rings is 1. The number of Topliss-reactive ketones (excluding diaryl/α,β-unsaturated/α-hetero) is 1. The van der Waals surface area contributed by atoms with E-state index in [9.17, 15) is 9.59 Å². The monoisotopic (exact) mass is 440 g/mol. The topological polar surface area (TPSA) is 78.0 Å². The standard InChI is InChI=1S/C25H32N2O5/c1-17(28)20-10-9-18(15-22(20)30-5)16-31-23-8-6-7-21(26-23)19-11-13-27(14-12-19)24(29)32-25(2,3)4/h6-10,15,19H,11-14,16H2,1-5H3. The van der Waals surface area contributed by atoms with Crippen LogP contribution in [0.15, 0.2) is 36.4 Å². The number of methoxy groups -OCH3 is 1. The third kappa shape index (κ3) is 6.22. The number of pyridine rings is 1. The third-order valence-corrected chi connectivity index (χ3v) is 5.34. The van der Waals surface area contributed by atoms with Crippen LogP contribution in [0.1, 0.15) is 68.1 Å². The summed E-state index contributed by atoms with van der Waals surface area (Å²) < 4.78 is 16.7. The normalized spacial score (nSPS) is 14.7. The van der Waals surface area contributed by atoms with Crippen LogP contribution in [0, 0.1) is 0 Å². The lowest BCUT2D eigenvalue weighted by Crippen LogP contribution is -2.41. The van der Waals surface area contributed by atoms with E-state index >= 15 is 0 Å².